The molecular weight excluding hydrogens is 267 g/mol. The Morgan fingerprint density at radius 2 is 1.76 bits per heavy atom. The van der Waals surface area contributed by atoms with Crippen molar-refractivity contribution in [3.63, 3.8) is 0 Å². The van der Waals surface area contributed by atoms with Crippen LogP contribution in [0.3, 0.4) is 0 Å². The van der Waals surface area contributed by atoms with Crippen LogP contribution in [0.5, 0.6) is 0 Å². The monoisotopic (exact) mass is 274 g/mol. The van der Waals surface area contributed by atoms with Gasteiger partial charge in [0.15, 0.2) is 0 Å². The van der Waals surface area contributed by atoms with Crippen molar-refractivity contribution in [1.29, 1.82) is 0 Å². The van der Waals surface area contributed by atoms with Crippen LogP contribution in [0.1, 0.15) is 5.56 Å². The van der Waals surface area contributed by atoms with Crippen molar-refractivity contribution in [1.82, 2.24) is 0 Å². The number of hydrogen-bond acceptors (Lipinski definition) is 4. The number of halogens is 2. The van der Waals surface area contributed by atoms with Gasteiger partial charge in [0.1, 0.15) is 23.7 Å². The smallest absolute Gasteiger partial charge is 0.344 e. The highest BCUT2D eigenvalue weighted by molar-refractivity contribution is 6.18. The van der Waals surface area contributed by atoms with Crippen molar-refractivity contribution in [2.75, 3.05) is 0 Å². The Balaban J connectivity index is 2.89. The van der Waals surface area contributed by atoms with Gasteiger partial charge in [-0.25, -0.2) is 9.59 Å². The molecule has 0 aromatic heterocycles. The summed E-state index contributed by atoms with van der Waals surface area (Å²) in [6, 6.07) is 9.03. The number of benzene rings is 1. The van der Waals surface area contributed by atoms with Crippen LogP contribution in [0, 0.1) is 0 Å². The first-order valence-corrected chi connectivity index (χ1v) is 5.19. The van der Waals surface area contributed by atoms with Crippen LogP contribution in [-0.4, -0.2) is 11.9 Å². The summed E-state index contributed by atoms with van der Waals surface area (Å²) in [6.07, 6.45) is 1.13. The molecule has 0 bridgehead atoms. The van der Waals surface area contributed by atoms with E-state index in [2.05, 4.69) is 8.58 Å². The molecule has 17 heavy (non-hydrogen) atoms. The van der Waals surface area contributed by atoms with E-state index in [1.54, 1.807) is 24.3 Å². The topological polar surface area (TPSA) is 52.6 Å². The number of carbonyl (C=O) groups excluding carboxylic acids is 2. The van der Waals surface area contributed by atoms with E-state index in [1.165, 1.54) is 0 Å². The average Bonchev–Trinajstić information content (AvgIpc) is 2.38. The Kier molecular flexibility index (Phi) is 5.52. The Bertz CT molecular complexity index is 428. The second-order valence-corrected chi connectivity index (χ2v) is 3.40. The molecule has 0 unspecified atom stereocenters. The number of hydrogen-bond donors (Lipinski definition) is 0. The first-order chi connectivity index (χ1) is 8.17. The molecule has 4 nitrogen and oxygen atoms in total. The van der Waals surface area contributed by atoms with Crippen LogP contribution in [0.4, 0.5) is 0 Å². The van der Waals surface area contributed by atoms with E-state index in [9.17, 15) is 9.59 Å². The minimum Gasteiger partial charge on any atom is -0.344 e. The van der Waals surface area contributed by atoms with E-state index in [1.807, 2.05) is 6.07 Å². The summed E-state index contributed by atoms with van der Waals surface area (Å²) in [7, 11) is 0. The maximum absolute atomic E-state index is 11.3. The molecule has 0 saturated carbocycles. The molecule has 0 heterocycles. The molecule has 0 aliphatic heterocycles. The highest BCUT2D eigenvalue weighted by atomic mass is 35.5. The molecule has 0 fully saturated rings. The van der Waals surface area contributed by atoms with E-state index in [0.29, 0.717) is 0 Å². The van der Waals surface area contributed by atoms with Crippen molar-refractivity contribution in [2.45, 2.75) is 6.42 Å². The molecule has 0 aliphatic carbocycles. The summed E-state index contributed by atoms with van der Waals surface area (Å²) >= 11 is 9.83. The SMILES string of the molecule is O=C(/C=C(/Cc1ccccc1)C(=O)OCl)OCl. The van der Waals surface area contributed by atoms with Gasteiger partial charge >= 0.3 is 11.9 Å². The molecule has 0 radical (unpaired) electrons. The Morgan fingerprint density at radius 1 is 1.12 bits per heavy atom. The van der Waals surface area contributed by atoms with E-state index >= 15 is 0 Å². The summed E-state index contributed by atoms with van der Waals surface area (Å²) in [5.41, 5.74) is 0.875. The lowest BCUT2D eigenvalue weighted by Gasteiger charge is -2.03. The molecule has 0 saturated heterocycles. The standard InChI is InChI=1S/C11H8Cl2O4/c12-16-10(14)7-9(11(15)17-13)6-8-4-2-1-3-5-8/h1-5,7H,6H2/b9-7-. The van der Waals surface area contributed by atoms with Crippen molar-refractivity contribution in [3.8, 4) is 0 Å². The maximum atomic E-state index is 11.3. The van der Waals surface area contributed by atoms with Gasteiger partial charge < -0.3 is 8.58 Å². The third-order valence-corrected chi connectivity index (χ3v) is 2.23. The summed E-state index contributed by atoms with van der Waals surface area (Å²) in [5.74, 6) is -1.68. The zero-order valence-electron chi connectivity index (χ0n) is 8.56. The summed E-state index contributed by atoms with van der Waals surface area (Å²) in [4.78, 5) is 22.2. The predicted octanol–water partition coefficient (Wildman–Crippen LogP) is 2.55. The van der Waals surface area contributed by atoms with Crippen molar-refractivity contribution in [3.05, 3.63) is 47.5 Å². The largest absolute Gasteiger partial charge is 0.352 e. The van der Waals surface area contributed by atoms with Crippen LogP contribution < -0.4 is 0 Å². The van der Waals surface area contributed by atoms with E-state index < -0.39 is 11.9 Å². The van der Waals surface area contributed by atoms with Gasteiger partial charge in [-0.2, -0.15) is 0 Å². The molecule has 1 rings (SSSR count). The van der Waals surface area contributed by atoms with Crippen molar-refractivity contribution < 1.29 is 18.2 Å². The Labute approximate surface area is 108 Å². The fourth-order valence-electron chi connectivity index (χ4n) is 1.21. The highest BCUT2D eigenvalue weighted by Gasteiger charge is 2.14. The lowest BCUT2D eigenvalue weighted by molar-refractivity contribution is -0.132. The summed E-state index contributed by atoms with van der Waals surface area (Å²) in [6.45, 7) is 0. The van der Waals surface area contributed by atoms with Crippen molar-refractivity contribution in [2.24, 2.45) is 0 Å². The molecule has 1 aromatic carbocycles. The van der Waals surface area contributed by atoms with Gasteiger partial charge in [0, 0.05) is 12.5 Å². The fraction of sp³-hybridized carbons (Fsp3) is 0.0909. The van der Waals surface area contributed by atoms with Gasteiger partial charge in [0.05, 0.1) is 5.57 Å². The van der Waals surface area contributed by atoms with Crippen LogP contribution in [0.2, 0.25) is 0 Å². The molecule has 0 spiro atoms. The minimum atomic E-state index is -0.861. The van der Waals surface area contributed by atoms with Crippen LogP contribution in [-0.2, 0) is 24.6 Å². The van der Waals surface area contributed by atoms with Gasteiger partial charge in [-0.15, -0.1) is 0 Å². The van der Waals surface area contributed by atoms with Crippen LogP contribution in [0.25, 0.3) is 0 Å². The van der Waals surface area contributed by atoms with Crippen LogP contribution in [0.15, 0.2) is 42.0 Å². The molecular formula is C11H8Cl2O4. The lowest BCUT2D eigenvalue weighted by atomic mass is 10.1. The first-order valence-electron chi connectivity index (χ1n) is 4.57. The quantitative estimate of drug-likeness (QED) is 0.792. The summed E-state index contributed by atoms with van der Waals surface area (Å²) in [5, 5.41) is 0. The molecule has 1 aromatic rings. The maximum Gasteiger partial charge on any atom is 0.352 e. The van der Waals surface area contributed by atoms with Gasteiger partial charge in [-0.1, -0.05) is 30.3 Å². The highest BCUT2D eigenvalue weighted by Crippen LogP contribution is 2.11. The van der Waals surface area contributed by atoms with E-state index in [0.717, 1.165) is 11.6 Å². The normalized spacial score (nSPS) is 10.8. The van der Waals surface area contributed by atoms with E-state index in [-0.39, 0.29) is 12.0 Å². The molecule has 0 atom stereocenters. The van der Waals surface area contributed by atoms with Gasteiger partial charge in [0.25, 0.3) is 0 Å². The molecule has 0 amide bonds. The Morgan fingerprint density at radius 3 is 2.29 bits per heavy atom. The molecule has 0 aliphatic rings. The summed E-state index contributed by atoms with van der Waals surface area (Å²) < 4.78 is 7.96. The third-order valence-electron chi connectivity index (χ3n) is 1.94. The Hall–Kier alpha value is -1.52. The van der Waals surface area contributed by atoms with Gasteiger partial charge in [-0.3, -0.25) is 0 Å². The van der Waals surface area contributed by atoms with Crippen LogP contribution >= 0.6 is 23.7 Å². The van der Waals surface area contributed by atoms with Gasteiger partial charge in [0.2, 0.25) is 0 Å². The van der Waals surface area contributed by atoms with Gasteiger partial charge in [-0.05, 0) is 5.56 Å². The van der Waals surface area contributed by atoms with Crippen molar-refractivity contribution >= 4 is 35.7 Å². The molecule has 90 valence electrons. The zero-order valence-corrected chi connectivity index (χ0v) is 10.1. The second-order valence-electron chi connectivity index (χ2n) is 3.09. The number of rotatable bonds is 4. The first kappa shape index (κ1) is 13.5. The second kappa shape index (κ2) is 6.93. The zero-order chi connectivity index (χ0) is 12.7. The lowest BCUT2D eigenvalue weighted by Crippen LogP contribution is -2.08. The molecule has 0 N–H and O–H groups in total. The predicted molar refractivity (Wildman–Crippen MR) is 62.1 cm³/mol. The number of carbonyl (C=O) groups is 2. The van der Waals surface area contributed by atoms with E-state index in [4.69, 9.17) is 23.7 Å². The fourth-order valence-corrected chi connectivity index (χ4v) is 1.36. The third kappa shape index (κ3) is 4.46. The minimum absolute atomic E-state index is 0.0526. The molecule has 6 heteroatoms. The average molecular weight is 275 g/mol.